The van der Waals surface area contributed by atoms with E-state index in [0.29, 0.717) is 6.42 Å². The number of nitrogens with zero attached hydrogens (tertiary/aromatic N) is 3. The Morgan fingerprint density at radius 3 is 2.65 bits per heavy atom. The van der Waals surface area contributed by atoms with Crippen LogP contribution in [0.2, 0.25) is 0 Å². The van der Waals surface area contributed by atoms with E-state index in [4.69, 9.17) is 5.26 Å². The van der Waals surface area contributed by atoms with Crippen molar-refractivity contribution in [2.24, 2.45) is 0 Å². The van der Waals surface area contributed by atoms with Gasteiger partial charge in [-0.2, -0.15) is 5.26 Å². The molecule has 1 aromatic rings. The molecule has 1 aromatic carbocycles. The number of anilines is 2. The first-order chi connectivity index (χ1) is 8.36. The quantitative estimate of drug-likeness (QED) is 0.570. The SMILES string of the molecule is C=CCN1[C]N(CCCC#N)c2ccccc21. The standard InChI is InChI=1S/C14H15N3/c1-2-10-16-12-17(11-6-5-9-15)14-8-4-3-7-13(14)16/h2-4,7-8H,1,5-6,10-11H2. The highest BCUT2D eigenvalue weighted by atomic mass is 15.4. The van der Waals surface area contributed by atoms with Gasteiger partial charge in [0.25, 0.3) is 0 Å². The Hall–Kier alpha value is -1.95. The van der Waals surface area contributed by atoms with E-state index in [9.17, 15) is 0 Å². The molecule has 2 rings (SSSR count). The van der Waals surface area contributed by atoms with Crippen molar-refractivity contribution in [1.29, 1.82) is 5.26 Å². The van der Waals surface area contributed by atoms with Crippen LogP contribution in [0.15, 0.2) is 36.9 Å². The van der Waals surface area contributed by atoms with Crippen LogP contribution in [0.5, 0.6) is 0 Å². The van der Waals surface area contributed by atoms with Crippen molar-refractivity contribution in [3.8, 4) is 6.07 Å². The third-order valence-electron chi connectivity index (χ3n) is 2.69. The predicted molar refractivity (Wildman–Crippen MR) is 69.4 cm³/mol. The summed E-state index contributed by atoms with van der Waals surface area (Å²) in [7, 11) is 0. The van der Waals surface area contributed by atoms with Gasteiger partial charge < -0.3 is 9.80 Å². The second-order valence-corrected chi connectivity index (χ2v) is 3.90. The first-order valence-corrected chi connectivity index (χ1v) is 5.75. The Kier molecular flexibility index (Phi) is 3.66. The normalized spacial score (nSPS) is 13.4. The maximum absolute atomic E-state index is 8.56. The van der Waals surface area contributed by atoms with Crippen molar-refractivity contribution in [3.63, 3.8) is 0 Å². The van der Waals surface area contributed by atoms with Crippen LogP contribution >= 0.6 is 0 Å². The molecule has 0 aromatic heterocycles. The molecule has 0 atom stereocenters. The molecule has 17 heavy (non-hydrogen) atoms. The second-order valence-electron chi connectivity index (χ2n) is 3.90. The third-order valence-corrected chi connectivity index (χ3v) is 2.69. The summed E-state index contributed by atoms with van der Waals surface area (Å²) in [6.07, 6.45) is 3.31. The van der Waals surface area contributed by atoms with E-state index in [1.165, 1.54) is 0 Å². The van der Waals surface area contributed by atoms with Crippen molar-refractivity contribution in [3.05, 3.63) is 43.6 Å². The summed E-state index contributed by atoms with van der Waals surface area (Å²) in [4.78, 5) is 4.13. The highest BCUT2D eigenvalue weighted by Crippen LogP contribution is 2.37. The molecule has 0 unspecified atom stereocenters. The van der Waals surface area contributed by atoms with E-state index in [1.54, 1.807) is 0 Å². The van der Waals surface area contributed by atoms with Crippen molar-refractivity contribution in [2.45, 2.75) is 12.8 Å². The van der Waals surface area contributed by atoms with Crippen LogP contribution in [0.4, 0.5) is 11.4 Å². The topological polar surface area (TPSA) is 30.3 Å². The van der Waals surface area contributed by atoms with Gasteiger partial charge in [-0.3, -0.25) is 0 Å². The number of hydrogen-bond acceptors (Lipinski definition) is 3. The number of unbranched alkanes of at least 4 members (excludes halogenated alkanes) is 1. The lowest BCUT2D eigenvalue weighted by atomic mass is 10.2. The van der Waals surface area contributed by atoms with Gasteiger partial charge in [0, 0.05) is 19.5 Å². The van der Waals surface area contributed by atoms with Gasteiger partial charge in [-0.1, -0.05) is 18.2 Å². The van der Waals surface area contributed by atoms with E-state index in [2.05, 4.69) is 41.2 Å². The van der Waals surface area contributed by atoms with Gasteiger partial charge >= 0.3 is 0 Å². The molecule has 0 amide bonds. The zero-order valence-corrected chi connectivity index (χ0v) is 9.76. The molecule has 2 radical (unpaired) electrons. The summed E-state index contributed by atoms with van der Waals surface area (Å²) in [5.41, 5.74) is 2.32. The lowest BCUT2D eigenvalue weighted by Crippen LogP contribution is -2.25. The molecule has 1 aliphatic heterocycles. The molecule has 0 aliphatic carbocycles. The van der Waals surface area contributed by atoms with E-state index >= 15 is 0 Å². The van der Waals surface area contributed by atoms with Crippen LogP contribution in [0, 0.1) is 18.0 Å². The molecule has 3 heteroatoms. The van der Waals surface area contributed by atoms with Crippen LogP contribution < -0.4 is 9.80 Å². The van der Waals surface area contributed by atoms with Gasteiger partial charge in [-0.15, -0.1) is 6.58 Å². The second kappa shape index (κ2) is 5.40. The molecule has 0 fully saturated rings. The van der Waals surface area contributed by atoms with Crippen molar-refractivity contribution in [1.82, 2.24) is 0 Å². The maximum Gasteiger partial charge on any atom is 0.209 e. The number of fused-ring (bicyclic) bond motifs is 1. The van der Waals surface area contributed by atoms with Gasteiger partial charge in [0.05, 0.1) is 17.4 Å². The summed E-state index contributed by atoms with van der Waals surface area (Å²) in [6.45, 7) is 8.64. The molecule has 0 saturated heterocycles. The largest absolute Gasteiger partial charge is 0.340 e. The average Bonchev–Trinajstić information content (AvgIpc) is 2.70. The number of benzene rings is 1. The Morgan fingerprint density at radius 1 is 1.29 bits per heavy atom. The summed E-state index contributed by atoms with van der Waals surface area (Å²) < 4.78 is 0. The van der Waals surface area contributed by atoms with Crippen LogP contribution in [-0.2, 0) is 0 Å². The Balaban J connectivity index is 2.11. The molecule has 0 spiro atoms. The maximum atomic E-state index is 8.56. The van der Waals surface area contributed by atoms with Crippen LogP contribution in [0.1, 0.15) is 12.8 Å². The molecular formula is C14H15N3. The van der Waals surface area contributed by atoms with Crippen LogP contribution in [0.25, 0.3) is 0 Å². The third kappa shape index (κ3) is 2.42. The van der Waals surface area contributed by atoms with Crippen LogP contribution in [0.3, 0.4) is 0 Å². The monoisotopic (exact) mass is 225 g/mol. The highest BCUT2D eigenvalue weighted by molar-refractivity contribution is 5.78. The Morgan fingerprint density at radius 2 is 2.00 bits per heavy atom. The number of nitriles is 1. The average molecular weight is 225 g/mol. The molecule has 3 nitrogen and oxygen atoms in total. The lowest BCUT2D eigenvalue weighted by molar-refractivity contribution is 0.798. The minimum Gasteiger partial charge on any atom is -0.340 e. The smallest absolute Gasteiger partial charge is 0.209 e. The molecule has 1 aliphatic rings. The minimum absolute atomic E-state index is 0.585. The van der Waals surface area contributed by atoms with E-state index in [1.807, 2.05) is 18.2 Å². The zero-order chi connectivity index (χ0) is 12.1. The van der Waals surface area contributed by atoms with Gasteiger partial charge in [0.15, 0.2) is 0 Å². The van der Waals surface area contributed by atoms with Crippen molar-refractivity contribution >= 4 is 11.4 Å². The zero-order valence-electron chi connectivity index (χ0n) is 9.76. The predicted octanol–water partition coefficient (Wildman–Crippen LogP) is 2.80. The fraction of sp³-hybridized carbons (Fsp3) is 0.286. The minimum atomic E-state index is 0.585. The lowest BCUT2D eigenvalue weighted by Gasteiger charge is -2.17. The van der Waals surface area contributed by atoms with E-state index in [-0.39, 0.29) is 0 Å². The molecule has 0 saturated carbocycles. The summed E-state index contributed by atoms with van der Waals surface area (Å²) >= 11 is 0. The number of hydrogen-bond donors (Lipinski definition) is 0. The summed E-state index contributed by atoms with van der Waals surface area (Å²) in [5.74, 6) is 0. The van der Waals surface area contributed by atoms with Crippen LogP contribution in [-0.4, -0.2) is 13.1 Å². The van der Waals surface area contributed by atoms with E-state index in [0.717, 1.165) is 30.9 Å². The van der Waals surface area contributed by atoms with E-state index < -0.39 is 0 Å². The van der Waals surface area contributed by atoms with Gasteiger partial charge in [0.2, 0.25) is 6.67 Å². The molecule has 0 bridgehead atoms. The van der Waals surface area contributed by atoms with Crippen molar-refractivity contribution < 1.29 is 0 Å². The molecule has 86 valence electrons. The molecule has 0 N–H and O–H groups in total. The fourth-order valence-electron chi connectivity index (χ4n) is 1.93. The first-order valence-electron chi connectivity index (χ1n) is 5.75. The fourth-order valence-corrected chi connectivity index (χ4v) is 1.93. The Bertz CT molecular complexity index is 433. The Labute approximate surface area is 103 Å². The first kappa shape index (κ1) is 11.5. The molecular weight excluding hydrogens is 210 g/mol. The summed E-state index contributed by atoms with van der Waals surface area (Å²) in [5, 5.41) is 8.56. The van der Waals surface area contributed by atoms with Gasteiger partial charge in [-0.05, 0) is 18.6 Å². The van der Waals surface area contributed by atoms with Gasteiger partial charge in [-0.25, -0.2) is 0 Å². The van der Waals surface area contributed by atoms with Gasteiger partial charge in [0.1, 0.15) is 0 Å². The number of para-hydroxylation sites is 2. The van der Waals surface area contributed by atoms with Crippen molar-refractivity contribution in [2.75, 3.05) is 22.9 Å². The summed E-state index contributed by atoms with van der Waals surface area (Å²) in [6, 6.07) is 10.4. The molecule has 1 heterocycles. The highest BCUT2D eigenvalue weighted by Gasteiger charge is 2.25. The number of rotatable bonds is 5.